The van der Waals surface area contributed by atoms with Crippen LogP contribution in [-0.4, -0.2) is 43.8 Å². The van der Waals surface area contributed by atoms with E-state index in [9.17, 15) is 14.4 Å². The Hall–Kier alpha value is -1.43. The molecule has 4 rings (SSSR count). The lowest BCUT2D eigenvalue weighted by atomic mass is 9.89. The van der Waals surface area contributed by atoms with Gasteiger partial charge in [-0.3, -0.25) is 14.4 Å². The van der Waals surface area contributed by atoms with Gasteiger partial charge in [-0.2, -0.15) is 0 Å². The summed E-state index contributed by atoms with van der Waals surface area (Å²) in [7, 11) is 2.01. The number of Topliss-reactive ketones (excluding diaryl/α,β-unsaturated/α-hetero) is 1. The highest BCUT2D eigenvalue weighted by Crippen LogP contribution is 2.35. The molecule has 128 valence electrons. The van der Waals surface area contributed by atoms with Crippen LogP contribution in [0.15, 0.2) is 0 Å². The third kappa shape index (κ3) is 3.91. The van der Waals surface area contributed by atoms with Crippen LogP contribution in [0.2, 0.25) is 0 Å². The van der Waals surface area contributed by atoms with Crippen molar-refractivity contribution < 1.29 is 14.4 Å². The third-order valence-corrected chi connectivity index (χ3v) is 5.91. The van der Waals surface area contributed by atoms with Gasteiger partial charge < -0.3 is 16.0 Å². The molecule has 0 aromatic heterocycles. The number of hydrogen-bond donors (Lipinski definition) is 3. The second-order valence-electron chi connectivity index (χ2n) is 7.46. The second kappa shape index (κ2) is 6.99. The summed E-state index contributed by atoms with van der Waals surface area (Å²) in [6.45, 7) is 1.62. The van der Waals surface area contributed by atoms with Crippen LogP contribution in [0.25, 0.3) is 0 Å². The molecule has 4 aliphatic rings. The first-order valence-electron chi connectivity index (χ1n) is 8.77. The summed E-state index contributed by atoms with van der Waals surface area (Å²) < 4.78 is 0. The van der Waals surface area contributed by atoms with E-state index in [0.29, 0.717) is 48.8 Å². The average Bonchev–Trinajstić information content (AvgIpc) is 3.08. The Morgan fingerprint density at radius 1 is 0.783 bits per heavy atom. The van der Waals surface area contributed by atoms with Crippen molar-refractivity contribution >= 4 is 17.6 Å². The van der Waals surface area contributed by atoms with E-state index in [1.807, 2.05) is 7.05 Å². The van der Waals surface area contributed by atoms with Crippen LogP contribution in [0.4, 0.5) is 0 Å². The molecule has 2 saturated carbocycles. The Bertz CT molecular complexity index is 491. The van der Waals surface area contributed by atoms with Gasteiger partial charge in [-0.25, -0.2) is 0 Å². The number of rotatable bonds is 1. The highest BCUT2D eigenvalue weighted by molar-refractivity contribution is 5.84. The Labute approximate surface area is 137 Å². The van der Waals surface area contributed by atoms with E-state index >= 15 is 0 Å². The summed E-state index contributed by atoms with van der Waals surface area (Å²) in [6.07, 6.45) is 5.07. The van der Waals surface area contributed by atoms with E-state index in [0.717, 1.165) is 25.4 Å². The fourth-order valence-corrected chi connectivity index (χ4v) is 4.54. The van der Waals surface area contributed by atoms with Crippen molar-refractivity contribution in [3.63, 3.8) is 0 Å². The Morgan fingerprint density at radius 3 is 2.04 bits per heavy atom. The van der Waals surface area contributed by atoms with Crippen LogP contribution in [0.5, 0.6) is 0 Å². The van der Waals surface area contributed by atoms with Gasteiger partial charge in [0.1, 0.15) is 5.78 Å². The number of ketones is 1. The maximum absolute atomic E-state index is 11.1. The first kappa shape index (κ1) is 16.4. The van der Waals surface area contributed by atoms with Gasteiger partial charge in [-0.1, -0.05) is 0 Å². The minimum atomic E-state index is 0.112. The lowest BCUT2D eigenvalue weighted by molar-refractivity contribution is -0.125. The number of amides is 2. The zero-order chi connectivity index (χ0) is 16.4. The Morgan fingerprint density at radius 2 is 1.35 bits per heavy atom. The van der Waals surface area contributed by atoms with Gasteiger partial charge in [-0.05, 0) is 43.6 Å². The predicted molar refractivity (Wildman–Crippen MR) is 85.5 cm³/mol. The topological polar surface area (TPSA) is 87.3 Å². The minimum absolute atomic E-state index is 0.112. The van der Waals surface area contributed by atoms with Gasteiger partial charge in [0.25, 0.3) is 0 Å². The molecule has 2 amide bonds. The van der Waals surface area contributed by atoms with Crippen molar-refractivity contribution in [2.45, 2.75) is 44.6 Å². The highest BCUT2D eigenvalue weighted by atomic mass is 16.2. The fourth-order valence-electron chi connectivity index (χ4n) is 4.54. The molecule has 3 N–H and O–H groups in total. The number of hydrogen-bond acceptors (Lipinski definition) is 4. The smallest absolute Gasteiger partial charge is 0.220 e. The molecular weight excluding hydrogens is 294 g/mol. The van der Waals surface area contributed by atoms with Crippen molar-refractivity contribution in [1.29, 1.82) is 0 Å². The molecule has 0 aromatic carbocycles. The maximum Gasteiger partial charge on any atom is 0.220 e. The van der Waals surface area contributed by atoms with Crippen LogP contribution >= 0.6 is 0 Å². The summed E-state index contributed by atoms with van der Waals surface area (Å²) in [5, 5.41) is 9.01. The van der Waals surface area contributed by atoms with Crippen LogP contribution < -0.4 is 16.0 Å². The van der Waals surface area contributed by atoms with Crippen molar-refractivity contribution in [3.8, 4) is 0 Å². The predicted octanol–water partition coefficient (Wildman–Crippen LogP) is 0.222. The molecule has 5 atom stereocenters. The first-order valence-corrected chi connectivity index (χ1v) is 8.77. The number of carbonyl (C=O) groups excluding carboxylic acids is 3. The average molecular weight is 321 g/mol. The number of carbonyl (C=O) groups is 3. The number of piperidine rings is 2. The molecule has 0 aromatic rings. The highest BCUT2D eigenvalue weighted by Gasteiger charge is 2.38. The third-order valence-electron chi connectivity index (χ3n) is 5.91. The van der Waals surface area contributed by atoms with E-state index in [4.69, 9.17) is 0 Å². The van der Waals surface area contributed by atoms with E-state index in [1.165, 1.54) is 12.8 Å². The Kier molecular flexibility index (Phi) is 4.99. The van der Waals surface area contributed by atoms with Gasteiger partial charge in [0.05, 0.1) is 0 Å². The SMILES string of the molecule is CNC1C[C@H]2CC(=O)NC[C@H]2C1.O=C1C[C@@H]2CNC(=O)C[C@@H]2C1. The van der Waals surface area contributed by atoms with Crippen LogP contribution in [0, 0.1) is 23.7 Å². The van der Waals surface area contributed by atoms with Crippen molar-refractivity contribution in [2.75, 3.05) is 20.1 Å². The molecule has 23 heavy (non-hydrogen) atoms. The molecular formula is C17H27N3O3. The van der Waals surface area contributed by atoms with E-state index in [2.05, 4.69) is 16.0 Å². The molecule has 6 heteroatoms. The van der Waals surface area contributed by atoms with Crippen molar-refractivity contribution in [2.24, 2.45) is 23.7 Å². The van der Waals surface area contributed by atoms with Gasteiger partial charge in [0, 0.05) is 44.8 Å². The minimum Gasteiger partial charge on any atom is -0.356 e. The van der Waals surface area contributed by atoms with Crippen molar-refractivity contribution in [3.05, 3.63) is 0 Å². The molecule has 6 nitrogen and oxygen atoms in total. The maximum atomic E-state index is 11.1. The summed E-state index contributed by atoms with van der Waals surface area (Å²) in [4.78, 5) is 32.9. The number of nitrogens with one attached hydrogen (secondary N) is 3. The lowest BCUT2D eigenvalue weighted by Gasteiger charge is -2.24. The summed E-state index contributed by atoms with van der Waals surface area (Å²) >= 11 is 0. The largest absolute Gasteiger partial charge is 0.356 e. The fraction of sp³-hybridized carbons (Fsp3) is 0.824. The summed E-state index contributed by atoms with van der Waals surface area (Å²) in [5.74, 6) is 2.87. The lowest BCUT2D eigenvalue weighted by Crippen LogP contribution is -2.38. The normalized spacial score (nSPS) is 38.8. The van der Waals surface area contributed by atoms with E-state index in [1.54, 1.807) is 0 Å². The van der Waals surface area contributed by atoms with Crippen LogP contribution in [0.1, 0.15) is 38.5 Å². The second-order valence-corrected chi connectivity index (χ2v) is 7.46. The summed E-state index contributed by atoms with van der Waals surface area (Å²) in [6, 6.07) is 0.646. The van der Waals surface area contributed by atoms with E-state index < -0.39 is 0 Å². The molecule has 2 heterocycles. The van der Waals surface area contributed by atoms with Gasteiger partial charge in [0.15, 0.2) is 0 Å². The van der Waals surface area contributed by atoms with Gasteiger partial charge in [0.2, 0.25) is 11.8 Å². The number of fused-ring (bicyclic) bond motifs is 2. The molecule has 2 aliphatic carbocycles. The quantitative estimate of drug-likeness (QED) is 0.645. The molecule has 1 unspecified atom stereocenters. The van der Waals surface area contributed by atoms with Crippen LogP contribution in [0.3, 0.4) is 0 Å². The van der Waals surface area contributed by atoms with Gasteiger partial charge in [-0.15, -0.1) is 0 Å². The monoisotopic (exact) mass is 321 g/mol. The zero-order valence-electron chi connectivity index (χ0n) is 13.8. The summed E-state index contributed by atoms with van der Waals surface area (Å²) in [5.41, 5.74) is 0. The molecule has 2 saturated heterocycles. The first-order chi connectivity index (χ1) is 11.0. The zero-order valence-corrected chi connectivity index (χ0v) is 13.8. The van der Waals surface area contributed by atoms with E-state index in [-0.39, 0.29) is 11.8 Å². The molecule has 0 spiro atoms. The molecule has 0 radical (unpaired) electrons. The van der Waals surface area contributed by atoms with Gasteiger partial charge >= 0.3 is 0 Å². The Balaban J connectivity index is 0.000000136. The molecule has 4 fully saturated rings. The molecule has 0 bridgehead atoms. The molecule has 2 aliphatic heterocycles. The van der Waals surface area contributed by atoms with Crippen molar-refractivity contribution in [1.82, 2.24) is 16.0 Å². The van der Waals surface area contributed by atoms with Crippen LogP contribution in [-0.2, 0) is 14.4 Å². The standard InChI is InChI=1S/C9H16N2O.C8H11NO2/c1-10-8-2-6-4-9(12)11-5-7(6)3-8;10-7-1-5-3-8(11)9-4-6(5)2-7/h6-8,10H,2-5H2,1H3,(H,11,12);5-6H,1-4H2,(H,9,11)/t6-,7+,8?;5-,6+/m00/s1.